The van der Waals surface area contributed by atoms with Gasteiger partial charge in [-0.15, -0.1) is 0 Å². The molecule has 0 fully saturated rings. The summed E-state index contributed by atoms with van der Waals surface area (Å²) in [6, 6.07) is 56.7. The molecule has 6 aromatic rings. The Hall–Kier alpha value is -4.68. The van der Waals surface area contributed by atoms with Crippen LogP contribution in [0.3, 0.4) is 0 Å². The molecule has 176 valence electrons. The first kappa shape index (κ1) is 22.8. The molecule has 0 aliphatic rings. The molecule has 0 radical (unpaired) electrons. The van der Waals surface area contributed by atoms with Crippen LogP contribution in [-0.2, 0) is 6.42 Å². The van der Waals surface area contributed by atoms with E-state index in [1.165, 1.54) is 55.6 Å². The standard InChI is InChI=1S/C37H28/c1-5-13-30(14-6-1)34-22-28(23-35(26-34)31-15-7-2-8-16-31)21-29-24-36(32-17-9-3-10-18-32)27-37(25-29)33-19-11-4-12-20-33/h1-20,22-27H,21H2. The minimum Gasteiger partial charge on any atom is -0.0622 e. The largest absolute Gasteiger partial charge is 0.0622 e. The van der Waals surface area contributed by atoms with Gasteiger partial charge in [0.25, 0.3) is 0 Å². The Morgan fingerprint density at radius 2 is 0.486 bits per heavy atom. The first-order chi connectivity index (χ1) is 18.3. The zero-order valence-corrected chi connectivity index (χ0v) is 20.7. The molecule has 0 spiro atoms. The molecule has 37 heavy (non-hydrogen) atoms. The van der Waals surface area contributed by atoms with Crippen molar-refractivity contribution in [2.24, 2.45) is 0 Å². The molecule has 0 aliphatic carbocycles. The number of rotatable bonds is 6. The Balaban J connectivity index is 1.46. The second-order valence-corrected chi connectivity index (χ2v) is 9.48. The summed E-state index contributed by atoms with van der Waals surface area (Å²) in [7, 11) is 0. The maximum absolute atomic E-state index is 2.35. The van der Waals surface area contributed by atoms with Gasteiger partial charge >= 0.3 is 0 Å². The highest BCUT2D eigenvalue weighted by Gasteiger charge is 2.10. The van der Waals surface area contributed by atoms with Gasteiger partial charge in [0, 0.05) is 0 Å². The van der Waals surface area contributed by atoms with Gasteiger partial charge < -0.3 is 0 Å². The van der Waals surface area contributed by atoms with E-state index < -0.39 is 0 Å². The molecule has 0 nitrogen and oxygen atoms in total. The van der Waals surface area contributed by atoms with Crippen LogP contribution in [0.4, 0.5) is 0 Å². The highest BCUT2D eigenvalue weighted by molar-refractivity contribution is 5.76. The summed E-state index contributed by atoms with van der Waals surface area (Å²) in [6.07, 6.45) is 0.862. The molecule has 0 amide bonds. The zero-order valence-electron chi connectivity index (χ0n) is 20.7. The van der Waals surface area contributed by atoms with Crippen molar-refractivity contribution >= 4 is 0 Å². The van der Waals surface area contributed by atoms with Gasteiger partial charge in [-0.1, -0.05) is 146 Å². The van der Waals surface area contributed by atoms with Crippen molar-refractivity contribution in [3.8, 4) is 44.5 Å². The predicted octanol–water partition coefficient (Wildman–Crippen LogP) is 9.95. The van der Waals surface area contributed by atoms with Crippen molar-refractivity contribution < 1.29 is 0 Å². The molecule has 0 aliphatic heterocycles. The van der Waals surface area contributed by atoms with Crippen molar-refractivity contribution in [3.05, 3.63) is 169 Å². The molecular weight excluding hydrogens is 444 g/mol. The molecule has 0 aromatic heterocycles. The van der Waals surface area contributed by atoms with Crippen LogP contribution in [0.5, 0.6) is 0 Å². The molecule has 0 bridgehead atoms. The van der Waals surface area contributed by atoms with E-state index in [0.717, 1.165) is 6.42 Å². The van der Waals surface area contributed by atoms with Crippen LogP contribution in [0.25, 0.3) is 44.5 Å². The van der Waals surface area contributed by atoms with E-state index in [1.807, 2.05) is 0 Å². The summed E-state index contributed by atoms with van der Waals surface area (Å²) >= 11 is 0. The first-order valence-corrected chi connectivity index (χ1v) is 12.8. The summed E-state index contributed by atoms with van der Waals surface area (Å²) in [5, 5.41) is 0. The topological polar surface area (TPSA) is 0 Å². The predicted molar refractivity (Wildman–Crippen MR) is 157 cm³/mol. The molecule has 0 atom stereocenters. The Bertz CT molecular complexity index is 1360. The van der Waals surface area contributed by atoms with Gasteiger partial charge in [0.15, 0.2) is 0 Å². The zero-order chi connectivity index (χ0) is 24.9. The van der Waals surface area contributed by atoms with Crippen LogP contribution in [0.15, 0.2) is 158 Å². The van der Waals surface area contributed by atoms with Gasteiger partial charge in [0.2, 0.25) is 0 Å². The molecule has 6 rings (SSSR count). The summed E-state index contributed by atoms with van der Waals surface area (Å²) in [5.74, 6) is 0. The third kappa shape index (κ3) is 5.29. The van der Waals surface area contributed by atoms with Crippen LogP contribution >= 0.6 is 0 Å². The van der Waals surface area contributed by atoms with E-state index >= 15 is 0 Å². The molecule has 0 saturated heterocycles. The van der Waals surface area contributed by atoms with Crippen LogP contribution in [0, 0.1) is 0 Å². The lowest BCUT2D eigenvalue weighted by atomic mass is 9.91. The van der Waals surface area contributed by atoms with E-state index in [-0.39, 0.29) is 0 Å². The Morgan fingerprint density at radius 1 is 0.243 bits per heavy atom. The Labute approximate surface area is 219 Å². The lowest BCUT2D eigenvalue weighted by Gasteiger charge is -2.14. The lowest BCUT2D eigenvalue weighted by molar-refractivity contribution is 1.20. The fraction of sp³-hybridized carbons (Fsp3) is 0.0270. The third-order valence-electron chi connectivity index (χ3n) is 6.82. The first-order valence-electron chi connectivity index (χ1n) is 12.8. The van der Waals surface area contributed by atoms with Gasteiger partial charge in [0.1, 0.15) is 0 Å². The molecular formula is C37H28. The Morgan fingerprint density at radius 3 is 0.730 bits per heavy atom. The third-order valence-corrected chi connectivity index (χ3v) is 6.82. The van der Waals surface area contributed by atoms with Crippen LogP contribution in [-0.4, -0.2) is 0 Å². The summed E-state index contributed by atoms with van der Waals surface area (Å²) < 4.78 is 0. The van der Waals surface area contributed by atoms with E-state index in [4.69, 9.17) is 0 Å². The van der Waals surface area contributed by atoms with Crippen LogP contribution < -0.4 is 0 Å². The Kier molecular flexibility index (Phi) is 6.47. The second-order valence-electron chi connectivity index (χ2n) is 9.48. The second kappa shape index (κ2) is 10.5. The smallest absolute Gasteiger partial charge is 0.00249 e. The fourth-order valence-electron chi connectivity index (χ4n) is 5.01. The lowest BCUT2D eigenvalue weighted by Crippen LogP contribution is -1.94. The quantitative estimate of drug-likeness (QED) is 0.226. The van der Waals surface area contributed by atoms with Crippen molar-refractivity contribution in [1.82, 2.24) is 0 Å². The van der Waals surface area contributed by atoms with Gasteiger partial charge in [-0.25, -0.2) is 0 Å². The van der Waals surface area contributed by atoms with E-state index in [0.29, 0.717) is 0 Å². The summed E-state index contributed by atoms with van der Waals surface area (Å²) in [6.45, 7) is 0. The number of hydrogen-bond acceptors (Lipinski definition) is 0. The molecule has 0 heterocycles. The molecule has 0 heteroatoms. The minimum absolute atomic E-state index is 0.862. The van der Waals surface area contributed by atoms with E-state index in [2.05, 4.69) is 158 Å². The SMILES string of the molecule is c1ccc(-c2cc(Cc3cc(-c4ccccc4)cc(-c4ccccc4)c3)cc(-c3ccccc3)c2)cc1. The minimum atomic E-state index is 0.862. The van der Waals surface area contributed by atoms with Gasteiger partial charge in [-0.3, -0.25) is 0 Å². The molecule has 0 unspecified atom stereocenters. The summed E-state index contributed by atoms with van der Waals surface area (Å²) in [5.41, 5.74) is 12.6. The van der Waals surface area contributed by atoms with Gasteiger partial charge in [-0.05, 0) is 74.2 Å². The maximum atomic E-state index is 2.35. The number of hydrogen-bond donors (Lipinski definition) is 0. The van der Waals surface area contributed by atoms with Crippen molar-refractivity contribution in [3.63, 3.8) is 0 Å². The van der Waals surface area contributed by atoms with E-state index in [9.17, 15) is 0 Å². The molecule has 0 N–H and O–H groups in total. The maximum Gasteiger partial charge on any atom is -0.00249 e. The van der Waals surface area contributed by atoms with Crippen LogP contribution in [0.2, 0.25) is 0 Å². The molecule has 0 saturated carbocycles. The fourth-order valence-corrected chi connectivity index (χ4v) is 5.01. The average molecular weight is 473 g/mol. The van der Waals surface area contributed by atoms with Crippen molar-refractivity contribution in [2.45, 2.75) is 6.42 Å². The normalized spacial score (nSPS) is 10.8. The van der Waals surface area contributed by atoms with Gasteiger partial charge in [0.05, 0.1) is 0 Å². The average Bonchev–Trinajstić information content (AvgIpc) is 2.99. The highest BCUT2D eigenvalue weighted by atomic mass is 14.1. The van der Waals surface area contributed by atoms with Crippen LogP contribution in [0.1, 0.15) is 11.1 Å². The number of benzene rings is 6. The highest BCUT2D eigenvalue weighted by Crippen LogP contribution is 2.32. The summed E-state index contributed by atoms with van der Waals surface area (Å²) in [4.78, 5) is 0. The van der Waals surface area contributed by atoms with Gasteiger partial charge in [-0.2, -0.15) is 0 Å². The molecule has 6 aromatic carbocycles. The van der Waals surface area contributed by atoms with E-state index in [1.54, 1.807) is 0 Å². The monoisotopic (exact) mass is 472 g/mol. The van der Waals surface area contributed by atoms with Crippen molar-refractivity contribution in [2.75, 3.05) is 0 Å². The van der Waals surface area contributed by atoms with Crippen molar-refractivity contribution in [1.29, 1.82) is 0 Å².